The van der Waals surface area contributed by atoms with Gasteiger partial charge in [-0.25, -0.2) is 22.0 Å². The molecule has 3 unspecified atom stereocenters. The number of rotatable bonds is 5. The minimum absolute atomic E-state index is 1.75. The molecule has 106 valence electrons. The Morgan fingerprint density at radius 1 is 1.06 bits per heavy atom. The highest BCUT2D eigenvalue weighted by molar-refractivity contribution is 7.85. The smallest absolute Gasteiger partial charge is 0.272 e. The fraction of sp³-hybridized carbons (Fsp3) is 1.00. The molecule has 0 fully saturated rings. The van der Waals surface area contributed by atoms with E-state index < -0.39 is 40.8 Å². The maximum Gasteiger partial charge on any atom is 0.272 e. The van der Waals surface area contributed by atoms with Crippen molar-refractivity contribution in [3.05, 3.63) is 0 Å². The normalized spacial score (nSPS) is 17.0. The van der Waals surface area contributed by atoms with Gasteiger partial charge in [-0.3, -0.25) is 4.55 Å². The van der Waals surface area contributed by atoms with Crippen molar-refractivity contribution in [2.45, 2.75) is 24.9 Å². The van der Waals surface area contributed by atoms with Crippen molar-refractivity contribution >= 4 is 10.1 Å². The van der Waals surface area contributed by atoms with E-state index in [2.05, 4.69) is 5.32 Å². The number of alkyl halides is 5. The van der Waals surface area contributed by atoms with Crippen LogP contribution in [0.1, 0.15) is 0 Å². The topological polar surface area (TPSA) is 66.4 Å². The Bertz CT molecular complexity index is 287. The lowest BCUT2D eigenvalue weighted by Crippen LogP contribution is -2.37. The van der Waals surface area contributed by atoms with Crippen LogP contribution in [0.4, 0.5) is 22.0 Å². The van der Waals surface area contributed by atoms with Crippen molar-refractivity contribution in [1.82, 2.24) is 5.32 Å². The molecule has 0 saturated carbocycles. The molecule has 0 aliphatic rings. The molecule has 0 rings (SSSR count). The molecular weight excluding hydrogens is 273 g/mol. The molecule has 2 N–H and O–H groups in total. The highest BCUT2D eigenvalue weighted by Crippen LogP contribution is 2.19. The molecule has 0 radical (unpaired) electrons. The predicted octanol–water partition coefficient (Wildman–Crippen LogP) is 0.989. The molecule has 0 spiro atoms. The van der Waals surface area contributed by atoms with E-state index >= 15 is 0 Å². The quantitative estimate of drug-likeness (QED) is 0.584. The molecule has 4 nitrogen and oxygen atoms in total. The van der Waals surface area contributed by atoms with Crippen molar-refractivity contribution in [1.29, 1.82) is 0 Å². The van der Waals surface area contributed by atoms with Crippen LogP contribution >= 0.6 is 0 Å². The third kappa shape index (κ3) is 10.4. The van der Waals surface area contributed by atoms with Gasteiger partial charge in [0.25, 0.3) is 16.5 Å². The Balaban J connectivity index is 0. The molecule has 0 amide bonds. The van der Waals surface area contributed by atoms with Crippen LogP contribution in [0.3, 0.4) is 0 Å². The first-order valence-corrected chi connectivity index (χ1v) is 5.91. The van der Waals surface area contributed by atoms with E-state index in [0.29, 0.717) is 0 Å². The summed E-state index contributed by atoms with van der Waals surface area (Å²) in [6.07, 6.45) is -13.5. The van der Waals surface area contributed by atoms with Gasteiger partial charge in [0.05, 0.1) is 0 Å². The Labute approximate surface area is 95.9 Å². The Morgan fingerprint density at radius 3 is 1.65 bits per heavy atom. The molecular formula is C7H14F5NO3S. The zero-order chi connectivity index (χ0) is 14.2. The van der Waals surface area contributed by atoms with Gasteiger partial charge >= 0.3 is 0 Å². The molecule has 17 heavy (non-hydrogen) atoms. The van der Waals surface area contributed by atoms with E-state index in [1.165, 1.54) is 0 Å². The van der Waals surface area contributed by atoms with E-state index in [4.69, 9.17) is 4.55 Å². The fourth-order valence-electron chi connectivity index (χ4n) is 0.632. The van der Waals surface area contributed by atoms with E-state index in [-0.39, 0.29) is 0 Å². The van der Waals surface area contributed by atoms with Crippen molar-refractivity contribution in [2.75, 3.05) is 19.8 Å². The fourth-order valence-corrected chi connectivity index (χ4v) is 1.22. The lowest BCUT2D eigenvalue weighted by atomic mass is 10.2. The second-order valence-electron chi connectivity index (χ2n) is 2.99. The van der Waals surface area contributed by atoms with E-state index in [9.17, 15) is 30.4 Å². The van der Waals surface area contributed by atoms with Gasteiger partial charge in [-0.1, -0.05) is 0 Å². The largest absolute Gasteiger partial charge is 0.323 e. The molecule has 10 heteroatoms. The summed E-state index contributed by atoms with van der Waals surface area (Å²) in [7, 11) is -1.10. The van der Waals surface area contributed by atoms with Gasteiger partial charge in [-0.05, 0) is 14.1 Å². The molecule has 0 saturated heterocycles. The molecule has 0 aromatic rings. The second kappa shape index (κ2) is 8.59. The molecule has 0 aliphatic carbocycles. The molecule has 0 heterocycles. The van der Waals surface area contributed by atoms with Gasteiger partial charge in [0.15, 0.2) is 18.5 Å². The number of hydrogen-bond acceptors (Lipinski definition) is 3. The molecule has 0 bridgehead atoms. The summed E-state index contributed by atoms with van der Waals surface area (Å²) in [6.45, 7) is 0. The number of halogens is 5. The van der Waals surface area contributed by atoms with Crippen LogP contribution in [-0.2, 0) is 10.1 Å². The van der Waals surface area contributed by atoms with E-state index in [0.717, 1.165) is 0 Å². The number of nitrogens with one attached hydrogen (secondary N) is 1. The molecule has 0 aromatic carbocycles. The van der Waals surface area contributed by atoms with Gasteiger partial charge < -0.3 is 5.32 Å². The maximum absolute atomic E-state index is 12.4. The lowest BCUT2D eigenvalue weighted by Gasteiger charge is -2.15. The first-order chi connectivity index (χ1) is 7.56. The van der Waals surface area contributed by atoms with Crippen LogP contribution < -0.4 is 5.32 Å². The van der Waals surface area contributed by atoms with Gasteiger partial charge in [-0.15, -0.1) is 0 Å². The van der Waals surface area contributed by atoms with E-state index in [1.807, 2.05) is 14.1 Å². The summed E-state index contributed by atoms with van der Waals surface area (Å²) in [4.78, 5) is 0. The zero-order valence-corrected chi connectivity index (χ0v) is 9.89. The van der Waals surface area contributed by atoms with Crippen LogP contribution in [0, 0.1) is 0 Å². The third-order valence-corrected chi connectivity index (χ3v) is 2.00. The maximum atomic E-state index is 12.4. The summed E-state index contributed by atoms with van der Waals surface area (Å²) in [5, 5.41) is 2.75. The lowest BCUT2D eigenvalue weighted by molar-refractivity contribution is -0.0191. The average Bonchev–Trinajstić information content (AvgIpc) is 2.13. The second-order valence-corrected chi connectivity index (χ2v) is 4.49. The summed E-state index contributed by atoms with van der Waals surface area (Å²) < 4.78 is 87.8. The van der Waals surface area contributed by atoms with Crippen molar-refractivity contribution in [3.8, 4) is 0 Å². The predicted molar refractivity (Wildman–Crippen MR) is 52.1 cm³/mol. The van der Waals surface area contributed by atoms with Gasteiger partial charge in [0.1, 0.15) is 5.75 Å². The average molecular weight is 287 g/mol. The summed E-state index contributed by atoms with van der Waals surface area (Å²) in [5.74, 6) is -1.75. The molecule has 0 aromatic heterocycles. The zero-order valence-electron chi connectivity index (χ0n) is 9.08. The third-order valence-electron chi connectivity index (χ3n) is 1.26. The van der Waals surface area contributed by atoms with Gasteiger partial charge in [0.2, 0.25) is 0 Å². The van der Waals surface area contributed by atoms with Crippen LogP contribution in [0.15, 0.2) is 0 Å². The Morgan fingerprint density at radius 2 is 1.41 bits per heavy atom. The Kier molecular flexibility index (Phi) is 9.53. The summed E-state index contributed by atoms with van der Waals surface area (Å²) in [6, 6.07) is 0. The first-order valence-electron chi connectivity index (χ1n) is 4.30. The monoisotopic (exact) mass is 287 g/mol. The highest BCUT2D eigenvalue weighted by Gasteiger charge is 2.38. The van der Waals surface area contributed by atoms with Gasteiger partial charge in [-0.2, -0.15) is 8.42 Å². The first kappa shape index (κ1) is 18.9. The Hall–Kier alpha value is -0.480. The summed E-state index contributed by atoms with van der Waals surface area (Å²) >= 11 is 0. The van der Waals surface area contributed by atoms with E-state index in [1.54, 1.807) is 0 Å². The van der Waals surface area contributed by atoms with Gasteiger partial charge in [0, 0.05) is 0 Å². The minimum Gasteiger partial charge on any atom is -0.323 e. The molecule has 0 aliphatic heterocycles. The van der Waals surface area contributed by atoms with Crippen LogP contribution in [-0.4, -0.2) is 57.8 Å². The van der Waals surface area contributed by atoms with Crippen LogP contribution in [0.25, 0.3) is 0 Å². The highest BCUT2D eigenvalue weighted by atomic mass is 32.2. The summed E-state index contributed by atoms with van der Waals surface area (Å²) in [5.41, 5.74) is 0. The van der Waals surface area contributed by atoms with Crippen LogP contribution in [0.5, 0.6) is 0 Å². The molecule has 3 atom stereocenters. The van der Waals surface area contributed by atoms with Crippen molar-refractivity contribution in [2.24, 2.45) is 0 Å². The van der Waals surface area contributed by atoms with Crippen molar-refractivity contribution in [3.63, 3.8) is 0 Å². The SMILES string of the molecule is CNC.O=S(=O)(O)CC(F)C(F)C(F)C(F)F. The minimum atomic E-state index is -4.85. The standard InChI is InChI=1S/C5H7F5O3S.C2H7N/c6-2(1-14(11,12)13)3(7)4(8)5(9)10;1-3-2/h2-5H,1H2,(H,11,12,13);3H,1-2H3. The number of hydrogen-bond donors (Lipinski definition) is 2. The van der Waals surface area contributed by atoms with Crippen molar-refractivity contribution < 1.29 is 34.9 Å². The van der Waals surface area contributed by atoms with Crippen LogP contribution in [0.2, 0.25) is 0 Å².